The maximum atomic E-state index is 9.52. The Bertz CT molecular complexity index is 740. The van der Waals surface area contributed by atoms with Gasteiger partial charge in [-0.3, -0.25) is 9.80 Å². The zero-order valence-corrected chi connectivity index (χ0v) is 17.1. The minimum absolute atomic E-state index is 0.241. The second kappa shape index (κ2) is 10.4. The maximum Gasteiger partial charge on any atom is 0.118 e. The normalized spacial score (nSPS) is 18.6. The molecule has 0 aliphatic carbocycles. The Kier molecular flexibility index (Phi) is 7.66. The van der Waals surface area contributed by atoms with Crippen LogP contribution in [0.25, 0.3) is 6.08 Å². The summed E-state index contributed by atoms with van der Waals surface area (Å²) in [6.45, 7) is 7.35. The van der Waals surface area contributed by atoms with Gasteiger partial charge in [0.15, 0.2) is 0 Å². The molecule has 1 atom stereocenters. The molecule has 1 aliphatic heterocycles. The fourth-order valence-corrected chi connectivity index (χ4v) is 3.73. The van der Waals surface area contributed by atoms with Gasteiger partial charge in [-0.25, -0.2) is 0 Å². The van der Waals surface area contributed by atoms with Gasteiger partial charge in [-0.05, 0) is 36.6 Å². The van der Waals surface area contributed by atoms with Crippen LogP contribution in [0.3, 0.4) is 0 Å². The number of aliphatic hydroxyl groups is 1. The number of aryl methyl sites for hydroxylation is 1. The smallest absolute Gasteiger partial charge is 0.118 e. The zero-order valence-electron chi connectivity index (χ0n) is 17.1. The molecule has 1 fully saturated rings. The molecular weight excluding hydrogens is 348 g/mol. The Morgan fingerprint density at radius 3 is 2.50 bits per heavy atom. The fraction of sp³-hybridized carbons (Fsp3) is 0.417. The Morgan fingerprint density at radius 2 is 1.82 bits per heavy atom. The summed E-state index contributed by atoms with van der Waals surface area (Å²) in [6.07, 6.45) is 5.22. The minimum atomic E-state index is 0.241. The quantitative estimate of drug-likeness (QED) is 0.759. The first-order valence-corrected chi connectivity index (χ1v) is 10.1. The van der Waals surface area contributed by atoms with E-state index >= 15 is 0 Å². The van der Waals surface area contributed by atoms with Gasteiger partial charge in [0.05, 0.1) is 7.11 Å². The Morgan fingerprint density at radius 1 is 1.07 bits per heavy atom. The second-order valence-electron chi connectivity index (χ2n) is 7.56. The monoisotopic (exact) mass is 380 g/mol. The van der Waals surface area contributed by atoms with E-state index in [1.807, 2.05) is 12.1 Å². The van der Waals surface area contributed by atoms with Crippen LogP contribution >= 0.6 is 0 Å². The average Bonchev–Trinajstić information content (AvgIpc) is 2.72. The van der Waals surface area contributed by atoms with Crippen LogP contribution in [-0.4, -0.2) is 60.8 Å². The van der Waals surface area contributed by atoms with E-state index in [-0.39, 0.29) is 6.61 Å². The van der Waals surface area contributed by atoms with Crippen molar-refractivity contribution in [2.75, 3.05) is 39.9 Å². The molecule has 28 heavy (non-hydrogen) atoms. The molecule has 1 N–H and O–H groups in total. The molecule has 150 valence electrons. The van der Waals surface area contributed by atoms with Gasteiger partial charge in [0.1, 0.15) is 5.75 Å². The lowest BCUT2D eigenvalue weighted by molar-refractivity contribution is 0.0597. The van der Waals surface area contributed by atoms with Crippen LogP contribution in [0.15, 0.2) is 54.6 Å². The number of ether oxygens (including phenoxy) is 1. The van der Waals surface area contributed by atoms with E-state index in [1.165, 1.54) is 16.7 Å². The van der Waals surface area contributed by atoms with E-state index in [2.05, 4.69) is 65.3 Å². The number of aliphatic hydroxyl groups excluding tert-OH is 1. The van der Waals surface area contributed by atoms with Crippen LogP contribution in [0.2, 0.25) is 0 Å². The summed E-state index contributed by atoms with van der Waals surface area (Å²) >= 11 is 0. The van der Waals surface area contributed by atoms with Gasteiger partial charge in [-0.15, -0.1) is 0 Å². The van der Waals surface area contributed by atoms with Crippen molar-refractivity contribution in [1.82, 2.24) is 9.80 Å². The van der Waals surface area contributed by atoms with Gasteiger partial charge in [0.2, 0.25) is 0 Å². The Labute approximate surface area is 169 Å². The van der Waals surface area contributed by atoms with E-state index < -0.39 is 0 Å². The Balaban J connectivity index is 1.53. The topological polar surface area (TPSA) is 35.9 Å². The van der Waals surface area contributed by atoms with Crippen molar-refractivity contribution < 1.29 is 9.84 Å². The SMILES string of the molecule is COc1ccc(/C=C/CN2CCN(Cc3ccc(C)cc3)[C@H](CCO)C2)cc1. The largest absolute Gasteiger partial charge is 0.497 e. The highest BCUT2D eigenvalue weighted by Gasteiger charge is 2.25. The maximum absolute atomic E-state index is 9.52. The molecule has 4 nitrogen and oxygen atoms in total. The summed E-state index contributed by atoms with van der Waals surface area (Å²) in [5.74, 6) is 0.883. The number of piperazine rings is 1. The molecule has 1 heterocycles. The number of methoxy groups -OCH3 is 1. The molecule has 0 spiro atoms. The van der Waals surface area contributed by atoms with Gasteiger partial charge >= 0.3 is 0 Å². The van der Waals surface area contributed by atoms with Crippen LogP contribution in [-0.2, 0) is 6.54 Å². The highest BCUT2D eigenvalue weighted by Crippen LogP contribution is 2.17. The van der Waals surface area contributed by atoms with Crippen LogP contribution in [0, 0.1) is 6.92 Å². The van der Waals surface area contributed by atoms with Crippen LogP contribution in [0.5, 0.6) is 5.75 Å². The van der Waals surface area contributed by atoms with Gasteiger partial charge in [0, 0.05) is 45.4 Å². The minimum Gasteiger partial charge on any atom is -0.497 e. The van der Waals surface area contributed by atoms with E-state index in [1.54, 1.807) is 7.11 Å². The lowest BCUT2D eigenvalue weighted by Gasteiger charge is -2.41. The summed E-state index contributed by atoms with van der Waals surface area (Å²) < 4.78 is 5.20. The van der Waals surface area contributed by atoms with Gasteiger partial charge in [-0.2, -0.15) is 0 Å². The third-order valence-corrected chi connectivity index (χ3v) is 5.45. The molecule has 0 saturated carbocycles. The van der Waals surface area contributed by atoms with Crippen molar-refractivity contribution >= 4 is 6.08 Å². The first-order valence-electron chi connectivity index (χ1n) is 10.1. The first kappa shape index (κ1) is 20.6. The van der Waals surface area contributed by atoms with Gasteiger partial charge < -0.3 is 9.84 Å². The van der Waals surface area contributed by atoms with E-state index in [0.717, 1.165) is 44.9 Å². The molecule has 0 amide bonds. The molecule has 0 bridgehead atoms. The summed E-state index contributed by atoms with van der Waals surface area (Å²) in [4.78, 5) is 5.00. The number of hydrogen-bond donors (Lipinski definition) is 1. The van der Waals surface area contributed by atoms with Crippen molar-refractivity contribution in [3.63, 3.8) is 0 Å². The second-order valence-corrected chi connectivity index (χ2v) is 7.56. The molecule has 2 aromatic carbocycles. The zero-order chi connectivity index (χ0) is 19.8. The predicted octanol–water partition coefficient (Wildman–Crippen LogP) is 3.59. The molecule has 4 heteroatoms. The average molecular weight is 381 g/mol. The fourth-order valence-electron chi connectivity index (χ4n) is 3.73. The van der Waals surface area contributed by atoms with Crippen LogP contribution in [0.1, 0.15) is 23.1 Å². The molecule has 3 rings (SSSR count). The first-order chi connectivity index (χ1) is 13.7. The summed E-state index contributed by atoms with van der Waals surface area (Å²) in [5, 5.41) is 9.52. The molecular formula is C24H32N2O2. The Hall–Kier alpha value is -2.14. The number of rotatable bonds is 8. The molecule has 0 radical (unpaired) electrons. The lowest BCUT2D eigenvalue weighted by Crippen LogP contribution is -2.52. The van der Waals surface area contributed by atoms with Crippen molar-refractivity contribution in [2.24, 2.45) is 0 Å². The predicted molar refractivity (Wildman–Crippen MR) is 116 cm³/mol. The van der Waals surface area contributed by atoms with Crippen molar-refractivity contribution in [3.05, 3.63) is 71.3 Å². The van der Waals surface area contributed by atoms with Crippen LogP contribution in [0.4, 0.5) is 0 Å². The third-order valence-electron chi connectivity index (χ3n) is 5.45. The molecule has 0 unspecified atom stereocenters. The standard InChI is InChI=1S/C24H32N2O2/c1-20-5-7-22(8-6-20)18-26-16-15-25(19-23(26)13-17-27)14-3-4-21-9-11-24(28-2)12-10-21/h3-12,23,27H,13-19H2,1-2H3/b4-3+/t23-/m1/s1. The lowest BCUT2D eigenvalue weighted by atomic mass is 10.1. The summed E-state index contributed by atoms with van der Waals surface area (Å²) in [5.41, 5.74) is 3.83. The van der Waals surface area contributed by atoms with E-state index in [0.29, 0.717) is 6.04 Å². The molecule has 2 aromatic rings. The van der Waals surface area contributed by atoms with Crippen molar-refractivity contribution in [1.29, 1.82) is 0 Å². The highest BCUT2D eigenvalue weighted by molar-refractivity contribution is 5.50. The van der Waals surface area contributed by atoms with Gasteiger partial charge in [0.25, 0.3) is 0 Å². The van der Waals surface area contributed by atoms with Crippen molar-refractivity contribution in [3.8, 4) is 5.75 Å². The molecule has 0 aromatic heterocycles. The van der Waals surface area contributed by atoms with E-state index in [4.69, 9.17) is 4.74 Å². The third kappa shape index (κ3) is 5.93. The highest BCUT2D eigenvalue weighted by atomic mass is 16.5. The summed E-state index contributed by atoms with van der Waals surface area (Å²) in [6, 6.07) is 17.3. The van der Waals surface area contributed by atoms with Crippen LogP contribution < -0.4 is 4.74 Å². The number of hydrogen-bond acceptors (Lipinski definition) is 4. The molecule has 1 aliphatic rings. The summed E-state index contributed by atoms with van der Waals surface area (Å²) in [7, 11) is 1.69. The number of benzene rings is 2. The van der Waals surface area contributed by atoms with Gasteiger partial charge in [-0.1, -0.05) is 54.1 Å². The van der Waals surface area contributed by atoms with E-state index in [9.17, 15) is 5.11 Å². The van der Waals surface area contributed by atoms with Crippen molar-refractivity contribution in [2.45, 2.75) is 25.9 Å². The molecule has 1 saturated heterocycles. The number of nitrogens with zero attached hydrogens (tertiary/aromatic N) is 2.